The summed E-state index contributed by atoms with van der Waals surface area (Å²) < 4.78 is 10.3. The summed E-state index contributed by atoms with van der Waals surface area (Å²) in [5, 5.41) is 3.22. The van der Waals surface area contributed by atoms with Crippen molar-refractivity contribution in [2.45, 2.75) is 6.92 Å². The van der Waals surface area contributed by atoms with Crippen molar-refractivity contribution < 1.29 is 18.7 Å². The molecule has 100 valence electrons. The first-order chi connectivity index (χ1) is 9.13. The highest BCUT2D eigenvalue weighted by molar-refractivity contribution is 6.10. The second-order valence-corrected chi connectivity index (χ2v) is 3.85. The van der Waals surface area contributed by atoms with Crippen molar-refractivity contribution in [3.05, 3.63) is 30.0 Å². The molecule has 0 fully saturated rings. The average Bonchev–Trinajstić information content (AvgIpc) is 2.76. The van der Waals surface area contributed by atoms with E-state index in [1.165, 1.54) is 0 Å². The fraction of sp³-hybridized carbons (Fsp3) is 0.231. The Hall–Kier alpha value is -2.34. The van der Waals surface area contributed by atoms with Gasteiger partial charge in [0.25, 0.3) is 5.91 Å². The summed E-state index contributed by atoms with van der Waals surface area (Å²) in [6.45, 7) is 2.13. The molecule has 0 spiro atoms. The lowest BCUT2D eigenvalue weighted by Gasteiger charge is -2.04. The van der Waals surface area contributed by atoms with E-state index in [0.717, 1.165) is 0 Å². The van der Waals surface area contributed by atoms with Crippen LogP contribution in [0.1, 0.15) is 17.5 Å². The van der Waals surface area contributed by atoms with E-state index < -0.39 is 5.91 Å². The summed E-state index contributed by atoms with van der Waals surface area (Å²) in [5.41, 5.74) is 6.01. The van der Waals surface area contributed by atoms with E-state index in [4.69, 9.17) is 14.9 Å². The summed E-state index contributed by atoms with van der Waals surface area (Å²) >= 11 is 0. The Morgan fingerprint density at radius 3 is 2.79 bits per heavy atom. The number of carbonyl (C=O) groups excluding carboxylic acids is 2. The number of amides is 2. The third-order valence-electron chi connectivity index (χ3n) is 2.52. The number of nitrogens with one attached hydrogen (secondary N) is 1. The lowest BCUT2D eigenvalue weighted by molar-refractivity contribution is -0.120. The highest BCUT2D eigenvalue weighted by atomic mass is 16.5. The van der Waals surface area contributed by atoms with Gasteiger partial charge in [-0.2, -0.15) is 0 Å². The molecule has 19 heavy (non-hydrogen) atoms. The maximum Gasteiger partial charge on any atom is 0.286 e. The Balaban J connectivity index is 2.36. The average molecular weight is 262 g/mol. The van der Waals surface area contributed by atoms with Crippen LogP contribution in [0.5, 0.6) is 0 Å². The molecule has 6 nitrogen and oxygen atoms in total. The van der Waals surface area contributed by atoms with E-state index in [9.17, 15) is 9.59 Å². The summed E-state index contributed by atoms with van der Waals surface area (Å²) in [6, 6.07) is 6.98. The van der Waals surface area contributed by atoms with E-state index in [2.05, 4.69) is 5.32 Å². The number of carbonyl (C=O) groups is 2. The highest BCUT2D eigenvalue weighted by Gasteiger charge is 2.19. The molecule has 1 heterocycles. The molecule has 6 heteroatoms. The molecule has 0 bridgehead atoms. The number of para-hydroxylation sites is 1. The SMILES string of the molecule is CCOCC(=O)Nc1c(C(N)=O)oc2ccccc12. The zero-order chi connectivity index (χ0) is 13.8. The molecule has 2 rings (SSSR count). The van der Waals surface area contributed by atoms with Crippen LogP contribution in [0.2, 0.25) is 0 Å². The van der Waals surface area contributed by atoms with Crippen LogP contribution in [-0.4, -0.2) is 25.0 Å². The number of furan rings is 1. The van der Waals surface area contributed by atoms with E-state index in [1.54, 1.807) is 31.2 Å². The van der Waals surface area contributed by atoms with Crippen LogP contribution in [0, 0.1) is 0 Å². The maximum absolute atomic E-state index is 11.7. The van der Waals surface area contributed by atoms with Crippen LogP contribution in [-0.2, 0) is 9.53 Å². The van der Waals surface area contributed by atoms with Gasteiger partial charge in [-0.1, -0.05) is 12.1 Å². The predicted molar refractivity (Wildman–Crippen MR) is 69.9 cm³/mol. The number of benzene rings is 1. The van der Waals surface area contributed by atoms with Crippen molar-refractivity contribution in [1.29, 1.82) is 0 Å². The van der Waals surface area contributed by atoms with Gasteiger partial charge in [0.2, 0.25) is 11.7 Å². The van der Waals surface area contributed by atoms with Crippen molar-refractivity contribution in [3.63, 3.8) is 0 Å². The largest absolute Gasteiger partial charge is 0.449 e. The lowest BCUT2D eigenvalue weighted by Crippen LogP contribution is -2.20. The Labute approximate surface area is 109 Å². The molecule has 0 aliphatic carbocycles. The molecule has 0 radical (unpaired) electrons. The summed E-state index contributed by atoms with van der Waals surface area (Å²) in [7, 11) is 0. The molecule has 1 aromatic carbocycles. The van der Waals surface area contributed by atoms with Gasteiger partial charge in [0.05, 0.1) is 0 Å². The minimum Gasteiger partial charge on any atom is -0.449 e. The van der Waals surface area contributed by atoms with Crippen molar-refractivity contribution in [2.24, 2.45) is 5.73 Å². The van der Waals surface area contributed by atoms with Gasteiger partial charge < -0.3 is 20.2 Å². The van der Waals surface area contributed by atoms with Gasteiger partial charge >= 0.3 is 0 Å². The fourth-order valence-corrected chi connectivity index (χ4v) is 1.71. The zero-order valence-electron chi connectivity index (χ0n) is 10.4. The smallest absolute Gasteiger partial charge is 0.286 e. The van der Waals surface area contributed by atoms with Crippen LogP contribution >= 0.6 is 0 Å². The third kappa shape index (κ3) is 2.74. The first kappa shape index (κ1) is 13.1. The second-order valence-electron chi connectivity index (χ2n) is 3.85. The molecule has 0 saturated heterocycles. The molecule has 0 unspecified atom stereocenters. The van der Waals surface area contributed by atoms with Gasteiger partial charge in [-0.05, 0) is 19.1 Å². The first-order valence-electron chi connectivity index (χ1n) is 5.82. The molecule has 1 aromatic heterocycles. The Kier molecular flexibility index (Phi) is 3.82. The molecule has 0 saturated carbocycles. The Bertz CT molecular complexity index is 618. The predicted octanol–water partition coefficient (Wildman–Crippen LogP) is 1.51. The van der Waals surface area contributed by atoms with Crippen LogP contribution in [0.25, 0.3) is 11.0 Å². The Morgan fingerprint density at radius 2 is 2.11 bits per heavy atom. The quantitative estimate of drug-likeness (QED) is 0.853. The van der Waals surface area contributed by atoms with Crippen molar-refractivity contribution in [2.75, 3.05) is 18.5 Å². The molecular formula is C13H14N2O4. The van der Waals surface area contributed by atoms with Gasteiger partial charge in [-0.25, -0.2) is 0 Å². The minimum atomic E-state index is -0.733. The van der Waals surface area contributed by atoms with Gasteiger partial charge in [0.1, 0.15) is 17.9 Å². The molecule has 0 aliphatic heterocycles. The van der Waals surface area contributed by atoms with E-state index in [0.29, 0.717) is 17.6 Å². The molecule has 3 N–H and O–H groups in total. The van der Waals surface area contributed by atoms with Gasteiger partial charge in [-0.3, -0.25) is 9.59 Å². The summed E-state index contributed by atoms with van der Waals surface area (Å²) in [5.74, 6) is -1.16. The summed E-state index contributed by atoms with van der Waals surface area (Å²) in [6.07, 6.45) is 0. The normalized spacial score (nSPS) is 10.6. The number of anilines is 1. The number of hydrogen-bond acceptors (Lipinski definition) is 4. The van der Waals surface area contributed by atoms with Crippen molar-refractivity contribution in [1.82, 2.24) is 0 Å². The molecular weight excluding hydrogens is 248 g/mol. The molecule has 2 aromatic rings. The van der Waals surface area contributed by atoms with Gasteiger partial charge in [-0.15, -0.1) is 0 Å². The van der Waals surface area contributed by atoms with Crippen LogP contribution < -0.4 is 11.1 Å². The van der Waals surface area contributed by atoms with Crippen LogP contribution in [0.4, 0.5) is 5.69 Å². The number of ether oxygens (including phenoxy) is 1. The first-order valence-corrected chi connectivity index (χ1v) is 5.82. The number of nitrogens with two attached hydrogens (primary N) is 1. The molecule has 0 atom stereocenters. The fourth-order valence-electron chi connectivity index (χ4n) is 1.71. The van der Waals surface area contributed by atoms with Gasteiger partial charge in [0.15, 0.2) is 0 Å². The highest BCUT2D eigenvalue weighted by Crippen LogP contribution is 2.30. The van der Waals surface area contributed by atoms with Gasteiger partial charge in [0, 0.05) is 12.0 Å². The standard InChI is InChI=1S/C13H14N2O4/c1-2-18-7-10(16)15-11-8-5-3-4-6-9(8)19-12(11)13(14)17/h3-6H,2,7H2,1H3,(H2,14,17)(H,15,16). The Morgan fingerprint density at radius 1 is 1.37 bits per heavy atom. The minimum absolute atomic E-state index is 0.0638. The number of rotatable bonds is 5. The number of primary amides is 1. The van der Waals surface area contributed by atoms with E-state index in [-0.39, 0.29) is 24.0 Å². The number of fused-ring (bicyclic) bond motifs is 1. The maximum atomic E-state index is 11.7. The van der Waals surface area contributed by atoms with E-state index in [1.807, 2.05) is 0 Å². The van der Waals surface area contributed by atoms with E-state index >= 15 is 0 Å². The monoisotopic (exact) mass is 262 g/mol. The van der Waals surface area contributed by atoms with Crippen LogP contribution in [0.3, 0.4) is 0 Å². The van der Waals surface area contributed by atoms with Crippen molar-refractivity contribution >= 4 is 28.5 Å². The second kappa shape index (κ2) is 5.53. The molecule has 0 aliphatic rings. The van der Waals surface area contributed by atoms with Crippen molar-refractivity contribution in [3.8, 4) is 0 Å². The summed E-state index contributed by atoms with van der Waals surface area (Å²) in [4.78, 5) is 23.0. The van der Waals surface area contributed by atoms with Crippen LogP contribution in [0.15, 0.2) is 28.7 Å². The topological polar surface area (TPSA) is 94.6 Å². The lowest BCUT2D eigenvalue weighted by atomic mass is 10.2. The third-order valence-corrected chi connectivity index (χ3v) is 2.52. The number of hydrogen-bond donors (Lipinski definition) is 2. The zero-order valence-corrected chi connectivity index (χ0v) is 10.4. The molecule has 2 amide bonds.